The normalized spacial score (nSPS) is 11.3. The molecule has 0 atom stereocenters. The van der Waals surface area contributed by atoms with Crippen molar-refractivity contribution in [3.8, 4) is 5.69 Å². The second-order valence-corrected chi connectivity index (χ2v) is 5.04. The molecular formula is C12H14ClN5O. The Kier molecular flexibility index (Phi) is 3.80. The highest BCUT2D eigenvalue weighted by Gasteiger charge is 2.26. The molecule has 0 saturated carbocycles. The lowest BCUT2D eigenvalue weighted by atomic mass is 9.95. The van der Waals surface area contributed by atoms with Gasteiger partial charge in [-0.05, 0) is 48.5 Å². The van der Waals surface area contributed by atoms with Crippen molar-refractivity contribution in [1.82, 2.24) is 20.2 Å². The molecule has 0 spiro atoms. The number of tetrazole rings is 1. The van der Waals surface area contributed by atoms with Gasteiger partial charge in [0.1, 0.15) is 6.33 Å². The summed E-state index contributed by atoms with van der Waals surface area (Å²) in [6, 6.07) is 7.22. The smallest absolute Gasteiger partial charge is 0.231 e. The number of carbonyl (C=O) groups excluding carboxylic acids is 1. The molecule has 1 aromatic carbocycles. The number of halogens is 1. The predicted octanol–water partition coefficient (Wildman–Crippen LogP) is 1.87. The maximum Gasteiger partial charge on any atom is 0.231 e. The van der Waals surface area contributed by atoms with Crippen LogP contribution in [0.15, 0.2) is 30.6 Å². The second kappa shape index (κ2) is 5.36. The van der Waals surface area contributed by atoms with Crippen LogP contribution < -0.4 is 5.32 Å². The summed E-state index contributed by atoms with van der Waals surface area (Å²) in [5.41, 5.74) is 0.926. The van der Waals surface area contributed by atoms with Crippen molar-refractivity contribution in [2.24, 2.45) is 5.41 Å². The first-order valence-corrected chi connectivity index (χ1v) is 6.27. The summed E-state index contributed by atoms with van der Waals surface area (Å²) < 4.78 is 1.54. The van der Waals surface area contributed by atoms with Crippen molar-refractivity contribution in [3.05, 3.63) is 30.6 Å². The van der Waals surface area contributed by atoms with Crippen LogP contribution in [-0.2, 0) is 4.79 Å². The van der Waals surface area contributed by atoms with Crippen LogP contribution in [0, 0.1) is 5.41 Å². The fraction of sp³-hybridized carbons (Fsp3) is 0.333. The Morgan fingerprint density at radius 2 is 2.05 bits per heavy atom. The van der Waals surface area contributed by atoms with Gasteiger partial charge in [-0.3, -0.25) is 4.79 Å². The van der Waals surface area contributed by atoms with Crippen LogP contribution in [0.25, 0.3) is 5.69 Å². The fourth-order valence-electron chi connectivity index (χ4n) is 1.34. The first kappa shape index (κ1) is 13.5. The molecule has 0 fully saturated rings. The van der Waals surface area contributed by atoms with Crippen LogP contribution in [0.3, 0.4) is 0 Å². The van der Waals surface area contributed by atoms with Crippen LogP contribution in [0.5, 0.6) is 0 Å². The molecule has 0 bridgehead atoms. The largest absolute Gasteiger partial charge is 0.326 e. The summed E-state index contributed by atoms with van der Waals surface area (Å²) in [4.78, 5) is 11.9. The molecule has 1 heterocycles. The SMILES string of the molecule is CC(C)(CCl)C(=O)Nc1ccc(-n2cnnn2)cc1. The van der Waals surface area contributed by atoms with E-state index < -0.39 is 5.41 Å². The Morgan fingerprint density at radius 3 is 2.58 bits per heavy atom. The highest BCUT2D eigenvalue weighted by molar-refractivity contribution is 6.20. The van der Waals surface area contributed by atoms with Gasteiger partial charge in [0.2, 0.25) is 5.91 Å². The van der Waals surface area contributed by atoms with Crippen LogP contribution in [-0.4, -0.2) is 32.0 Å². The van der Waals surface area contributed by atoms with Crippen molar-refractivity contribution in [1.29, 1.82) is 0 Å². The Morgan fingerprint density at radius 1 is 1.37 bits per heavy atom. The number of carbonyl (C=O) groups is 1. The Hall–Kier alpha value is -1.95. The zero-order chi connectivity index (χ0) is 13.9. The van der Waals surface area contributed by atoms with E-state index in [-0.39, 0.29) is 11.8 Å². The van der Waals surface area contributed by atoms with Crippen LogP contribution in [0.2, 0.25) is 0 Å². The number of aromatic nitrogens is 4. The van der Waals surface area contributed by atoms with Gasteiger partial charge < -0.3 is 5.32 Å². The molecule has 0 aliphatic rings. The maximum atomic E-state index is 11.9. The first-order chi connectivity index (χ1) is 9.03. The molecule has 0 saturated heterocycles. The number of rotatable bonds is 4. The number of hydrogen-bond donors (Lipinski definition) is 1. The summed E-state index contributed by atoms with van der Waals surface area (Å²) in [6.07, 6.45) is 1.50. The van der Waals surface area contributed by atoms with Gasteiger partial charge in [-0.1, -0.05) is 0 Å². The lowest BCUT2D eigenvalue weighted by Crippen LogP contribution is -2.32. The lowest BCUT2D eigenvalue weighted by molar-refractivity contribution is -0.122. The van der Waals surface area contributed by atoms with E-state index in [1.165, 1.54) is 11.0 Å². The molecule has 0 unspecified atom stereocenters. The zero-order valence-electron chi connectivity index (χ0n) is 10.7. The van der Waals surface area contributed by atoms with Gasteiger partial charge in [0.05, 0.1) is 11.1 Å². The molecular weight excluding hydrogens is 266 g/mol. The van der Waals surface area contributed by atoms with E-state index in [1.807, 2.05) is 12.1 Å². The predicted molar refractivity (Wildman–Crippen MR) is 72.3 cm³/mol. The highest BCUT2D eigenvalue weighted by Crippen LogP contribution is 2.20. The first-order valence-electron chi connectivity index (χ1n) is 5.74. The van der Waals surface area contributed by atoms with Crippen molar-refractivity contribution in [2.75, 3.05) is 11.2 Å². The summed E-state index contributed by atoms with van der Waals surface area (Å²) in [5, 5.41) is 13.7. The van der Waals surface area contributed by atoms with E-state index in [4.69, 9.17) is 11.6 Å². The molecule has 1 aromatic heterocycles. The number of benzene rings is 1. The monoisotopic (exact) mass is 279 g/mol. The highest BCUT2D eigenvalue weighted by atomic mass is 35.5. The number of anilines is 1. The van der Waals surface area contributed by atoms with E-state index in [0.717, 1.165) is 5.69 Å². The molecule has 100 valence electrons. The van der Waals surface area contributed by atoms with Crippen LogP contribution >= 0.6 is 11.6 Å². The molecule has 2 rings (SSSR count). The summed E-state index contributed by atoms with van der Waals surface area (Å²) >= 11 is 5.76. The molecule has 0 radical (unpaired) electrons. The third-order valence-electron chi connectivity index (χ3n) is 2.69. The van der Waals surface area contributed by atoms with E-state index >= 15 is 0 Å². The Balaban J connectivity index is 2.10. The van der Waals surface area contributed by atoms with E-state index in [2.05, 4.69) is 20.8 Å². The molecule has 1 amide bonds. The molecule has 7 heteroatoms. The minimum Gasteiger partial charge on any atom is -0.326 e. The minimum atomic E-state index is -0.601. The molecule has 1 N–H and O–H groups in total. The van der Waals surface area contributed by atoms with Crippen molar-refractivity contribution in [3.63, 3.8) is 0 Å². The van der Waals surface area contributed by atoms with E-state index in [1.54, 1.807) is 26.0 Å². The number of hydrogen-bond acceptors (Lipinski definition) is 4. The number of nitrogens with zero attached hydrogens (tertiary/aromatic N) is 4. The molecule has 0 aliphatic heterocycles. The standard InChI is InChI=1S/C12H14ClN5O/c1-12(2,7-13)11(19)15-9-3-5-10(6-4-9)18-8-14-16-17-18/h3-6,8H,7H2,1-2H3,(H,15,19). The van der Waals surface area contributed by atoms with Crippen molar-refractivity contribution >= 4 is 23.2 Å². The Labute approximate surface area is 115 Å². The van der Waals surface area contributed by atoms with Gasteiger partial charge in [0.15, 0.2) is 0 Å². The van der Waals surface area contributed by atoms with Crippen molar-refractivity contribution < 1.29 is 4.79 Å². The average molecular weight is 280 g/mol. The molecule has 2 aromatic rings. The van der Waals surface area contributed by atoms with Gasteiger partial charge in [-0.15, -0.1) is 16.7 Å². The molecule has 0 aliphatic carbocycles. The van der Waals surface area contributed by atoms with Gasteiger partial charge in [-0.2, -0.15) is 0 Å². The summed E-state index contributed by atoms with van der Waals surface area (Å²) in [5.74, 6) is 0.152. The van der Waals surface area contributed by atoms with Crippen LogP contribution in [0.4, 0.5) is 5.69 Å². The summed E-state index contributed by atoms with van der Waals surface area (Å²) in [7, 11) is 0. The van der Waals surface area contributed by atoms with Gasteiger partial charge in [0, 0.05) is 11.6 Å². The number of nitrogens with one attached hydrogen (secondary N) is 1. The topological polar surface area (TPSA) is 72.7 Å². The van der Waals surface area contributed by atoms with Crippen molar-refractivity contribution in [2.45, 2.75) is 13.8 Å². The number of amides is 1. The lowest BCUT2D eigenvalue weighted by Gasteiger charge is -2.20. The minimum absolute atomic E-state index is 0.113. The van der Waals surface area contributed by atoms with Crippen LogP contribution in [0.1, 0.15) is 13.8 Å². The fourth-order valence-corrected chi connectivity index (χ4v) is 1.46. The van der Waals surface area contributed by atoms with Gasteiger partial charge in [-0.25, -0.2) is 4.68 Å². The third-order valence-corrected chi connectivity index (χ3v) is 3.36. The Bertz CT molecular complexity index is 550. The third kappa shape index (κ3) is 3.08. The summed E-state index contributed by atoms with van der Waals surface area (Å²) in [6.45, 7) is 3.59. The average Bonchev–Trinajstić information content (AvgIpc) is 2.93. The second-order valence-electron chi connectivity index (χ2n) is 4.77. The van der Waals surface area contributed by atoms with Gasteiger partial charge >= 0.3 is 0 Å². The zero-order valence-corrected chi connectivity index (χ0v) is 11.4. The maximum absolute atomic E-state index is 11.9. The van der Waals surface area contributed by atoms with E-state index in [9.17, 15) is 4.79 Å². The molecule has 6 nitrogen and oxygen atoms in total. The van der Waals surface area contributed by atoms with Gasteiger partial charge in [0.25, 0.3) is 0 Å². The quantitative estimate of drug-likeness (QED) is 0.867. The molecule has 19 heavy (non-hydrogen) atoms. The van der Waals surface area contributed by atoms with E-state index in [0.29, 0.717) is 5.69 Å². The number of alkyl halides is 1.